The molecule has 6 N–H and O–H groups in total. The number of hydrogen-bond donors (Lipinski definition) is 4. The smallest absolute Gasteiger partial charge is 0.216 e. The molecule has 0 rings (SSSR count). The van der Waals surface area contributed by atoms with Crippen LogP contribution < -0.4 is 16.8 Å². The summed E-state index contributed by atoms with van der Waals surface area (Å²) in [4.78, 5) is 20.7. The SMILES string of the molecule is CC(=O)CCCNC(C)=O.CCO.NCCN. The van der Waals surface area contributed by atoms with Crippen molar-refractivity contribution in [3.8, 4) is 0 Å². The van der Waals surface area contributed by atoms with Crippen LogP contribution in [0.1, 0.15) is 33.6 Å². The minimum Gasteiger partial charge on any atom is -0.397 e. The lowest BCUT2D eigenvalue weighted by Gasteiger charge is -1.98. The Morgan fingerprint density at radius 1 is 1.18 bits per heavy atom. The maximum atomic E-state index is 10.4. The van der Waals surface area contributed by atoms with E-state index in [0.29, 0.717) is 26.1 Å². The van der Waals surface area contributed by atoms with Gasteiger partial charge in [0, 0.05) is 39.6 Å². The molecule has 17 heavy (non-hydrogen) atoms. The maximum Gasteiger partial charge on any atom is 0.216 e. The van der Waals surface area contributed by atoms with Crippen molar-refractivity contribution in [2.45, 2.75) is 33.6 Å². The van der Waals surface area contributed by atoms with Gasteiger partial charge in [-0.05, 0) is 20.3 Å². The highest BCUT2D eigenvalue weighted by Crippen LogP contribution is 1.86. The molecule has 0 aliphatic heterocycles. The van der Waals surface area contributed by atoms with Gasteiger partial charge in [0.1, 0.15) is 5.78 Å². The lowest BCUT2D eigenvalue weighted by Crippen LogP contribution is -2.21. The topological polar surface area (TPSA) is 118 Å². The Labute approximate surface area is 104 Å². The number of hydrogen-bond acceptors (Lipinski definition) is 5. The molecule has 0 aromatic carbocycles. The van der Waals surface area contributed by atoms with Crippen LogP contribution in [-0.2, 0) is 9.59 Å². The van der Waals surface area contributed by atoms with E-state index < -0.39 is 0 Å². The summed E-state index contributed by atoms with van der Waals surface area (Å²) in [6, 6.07) is 0. The molecule has 0 aromatic heterocycles. The first kappa shape index (κ1) is 21.3. The summed E-state index contributed by atoms with van der Waals surface area (Å²) in [5.41, 5.74) is 9.81. The molecule has 0 heterocycles. The Morgan fingerprint density at radius 3 is 1.82 bits per heavy atom. The summed E-state index contributed by atoms with van der Waals surface area (Å²) in [5, 5.41) is 10.2. The van der Waals surface area contributed by atoms with Crippen LogP contribution in [-0.4, -0.2) is 43.0 Å². The highest BCUT2D eigenvalue weighted by atomic mass is 16.2. The molecule has 0 atom stereocenters. The van der Waals surface area contributed by atoms with Gasteiger partial charge in [-0.15, -0.1) is 0 Å². The third kappa shape index (κ3) is 51.7. The molecule has 0 bridgehead atoms. The van der Waals surface area contributed by atoms with Gasteiger partial charge in [0.2, 0.25) is 5.91 Å². The van der Waals surface area contributed by atoms with Gasteiger partial charge in [0.15, 0.2) is 0 Å². The van der Waals surface area contributed by atoms with E-state index in [1.54, 1.807) is 13.8 Å². The van der Waals surface area contributed by atoms with Gasteiger partial charge < -0.3 is 26.7 Å². The van der Waals surface area contributed by atoms with Crippen LogP contribution in [0, 0.1) is 0 Å². The third-order valence-electron chi connectivity index (χ3n) is 1.25. The first-order valence-corrected chi connectivity index (χ1v) is 5.71. The number of nitrogens with two attached hydrogens (primary N) is 2. The van der Waals surface area contributed by atoms with Crippen molar-refractivity contribution in [2.75, 3.05) is 26.2 Å². The van der Waals surface area contributed by atoms with Crippen molar-refractivity contribution in [3.05, 3.63) is 0 Å². The number of amides is 1. The Morgan fingerprint density at radius 2 is 1.59 bits per heavy atom. The monoisotopic (exact) mass is 249 g/mol. The van der Waals surface area contributed by atoms with Crippen LogP contribution in [0.15, 0.2) is 0 Å². The van der Waals surface area contributed by atoms with Crippen molar-refractivity contribution >= 4 is 11.7 Å². The number of carbonyl (C=O) groups excluding carboxylic acids is 2. The lowest BCUT2D eigenvalue weighted by molar-refractivity contribution is -0.120. The van der Waals surface area contributed by atoms with Crippen molar-refractivity contribution < 1.29 is 14.7 Å². The normalized spacial score (nSPS) is 8.12. The first-order valence-electron chi connectivity index (χ1n) is 5.71. The predicted molar refractivity (Wildman–Crippen MR) is 69.5 cm³/mol. The molecular weight excluding hydrogens is 222 g/mol. The second kappa shape index (κ2) is 20.4. The average molecular weight is 249 g/mol. The molecule has 0 saturated heterocycles. The number of Topliss-reactive ketones (excluding diaryl/α,β-unsaturated/α-hetero) is 1. The third-order valence-corrected chi connectivity index (χ3v) is 1.25. The van der Waals surface area contributed by atoms with Gasteiger partial charge in [-0.1, -0.05) is 0 Å². The number of nitrogens with one attached hydrogen (secondary N) is 1. The molecule has 0 aliphatic carbocycles. The molecule has 0 aromatic rings. The average Bonchev–Trinajstić information content (AvgIpc) is 2.25. The zero-order valence-corrected chi connectivity index (χ0v) is 11.2. The van der Waals surface area contributed by atoms with E-state index in [1.165, 1.54) is 6.92 Å². The maximum absolute atomic E-state index is 10.4. The van der Waals surface area contributed by atoms with E-state index in [-0.39, 0.29) is 18.3 Å². The molecular formula is C11H27N3O3. The van der Waals surface area contributed by atoms with E-state index in [4.69, 9.17) is 16.6 Å². The van der Waals surface area contributed by atoms with Crippen LogP contribution in [0.25, 0.3) is 0 Å². The second-order valence-electron chi connectivity index (χ2n) is 3.18. The Kier molecular flexibility index (Phi) is 25.6. The molecule has 0 spiro atoms. The van der Waals surface area contributed by atoms with Crippen LogP contribution in [0.3, 0.4) is 0 Å². The highest BCUT2D eigenvalue weighted by molar-refractivity contribution is 5.75. The molecule has 6 nitrogen and oxygen atoms in total. The summed E-state index contributed by atoms with van der Waals surface area (Å²) in [5.74, 6) is 0.133. The Balaban J connectivity index is -0.000000232. The minimum atomic E-state index is -0.0384. The number of ketones is 1. The quantitative estimate of drug-likeness (QED) is 0.485. The van der Waals surface area contributed by atoms with Crippen molar-refractivity contribution in [3.63, 3.8) is 0 Å². The van der Waals surface area contributed by atoms with Gasteiger partial charge in [-0.25, -0.2) is 0 Å². The van der Waals surface area contributed by atoms with E-state index in [9.17, 15) is 9.59 Å². The fourth-order valence-corrected chi connectivity index (χ4v) is 0.602. The van der Waals surface area contributed by atoms with E-state index in [0.717, 1.165) is 6.42 Å². The fraction of sp³-hybridized carbons (Fsp3) is 0.818. The predicted octanol–water partition coefficient (Wildman–Crippen LogP) is -0.606. The first-order chi connectivity index (χ1) is 7.95. The van der Waals surface area contributed by atoms with E-state index in [2.05, 4.69) is 5.32 Å². The number of aliphatic hydroxyl groups excluding tert-OH is 1. The zero-order valence-electron chi connectivity index (χ0n) is 11.2. The lowest BCUT2D eigenvalue weighted by atomic mass is 10.2. The summed E-state index contributed by atoms with van der Waals surface area (Å²) >= 11 is 0. The van der Waals surface area contributed by atoms with Crippen LogP contribution >= 0.6 is 0 Å². The van der Waals surface area contributed by atoms with Crippen LogP contribution in [0.4, 0.5) is 0 Å². The molecule has 1 amide bonds. The molecule has 0 fully saturated rings. The van der Waals surface area contributed by atoms with Gasteiger partial charge >= 0.3 is 0 Å². The fourth-order valence-electron chi connectivity index (χ4n) is 0.602. The van der Waals surface area contributed by atoms with Gasteiger partial charge in [-0.2, -0.15) is 0 Å². The van der Waals surface area contributed by atoms with E-state index in [1.807, 2.05) is 0 Å². The standard InChI is InChI=1S/C7H13NO2.C2H8N2.C2H6O/c1-6(9)4-3-5-8-7(2)10;3-1-2-4;1-2-3/h3-5H2,1-2H3,(H,8,10);1-4H2;3H,2H2,1H3. The van der Waals surface area contributed by atoms with Crippen molar-refractivity contribution in [2.24, 2.45) is 11.5 Å². The van der Waals surface area contributed by atoms with Crippen LogP contribution in [0.2, 0.25) is 0 Å². The Hall–Kier alpha value is -0.980. The van der Waals surface area contributed by atoms with Gasteiger partial charge in [-0.3, -0.25) is 4.79 Å². The molecule has 0 saturated carbocycles. The molecule has 6 heteroatoms. The number of carbonyl (C=O) groups is 2. The molecule has 0 unspecified atom stereocenters. The molecule has 0 radical (unpaired) electrons. The van der Waals surface area contributed by atoms with Crippen molar-refractivity contribution in [1.82, 2.24) is 5.32 Å². The van der Waals surface area contributed by atoms with Crippen molar-refractivity contribution in [1.29, 1.82) is 0 Å². The highest BCUT2D eigenvalue weighted by Gasteiger charge is 1.93. The number of rotatable bonds is 5. The van der Waals surface area contributed by atoms with Gasteiger partial charge in [0.05, 0.1) is 0 Å². The zero-order chi connectivity index (χ0) is 14.1. The van der Waals surface area contributed by atoms with E-state index >= 15 is 0 Å². The van der Waals surface area contributed by atoms with Crippen LogP contribution in [0.5, 0.6) is 0 Å². The summed E-state index contributed by atoms with van der Waals surface area (Å²) < 4.78 is 0. The number of aliphatic hydroxyl groups is 1. The second-order valence-corrected chi connectivity index (χ2v) is 3.18. The largest absolute Gasteiger partial charge is 0.397 e. The summed E-state index contributed by atoms with van der Waals surface area (Å²) in [6.45, 7) is 6.75. The molecule has 0 aliphatic rings. The van der Waals surface area contributed by atoms with Gasteiger partial charge in [0.25, 0.3) is 0 Å². The minimum absolute atomic E-state index is 0.0384. The summed E-state index contributed by atoms with van der Waals surface area (Å²) in [6.07, 6.45) is 1.30. The Bertz CT molecular complexity index is 157. The molecule has 104 valence electrons. The summed E-state index contributed by atoms with van der Waals surface area (Å²) in [7, 11) is 0.